The largest absolute Gasteiger partial charge is 0.494 e. The molecular weight excluding hydrogens is 380 g/mol. The van der Waals surface area contributed by atoms with Crippen LogP contribution in [0.4, 0.5) is 5.69 Å². The van der Waals surface area contributed by atoms with Crippen LogP contribution in [0.25, 0.3) is 0 Å². The van der Waals surface area contributed by atoms with Crippen LogP contribution in [0, 0.1) is 0 Å². The number of sulfone groups is 1. The van der Waals surface area contributed by atoms with Gasteiger partial charge in [-0.15, -0.1) is 0 Å². The van der Waals surface area contributed by atoms with Crippen molar-refractivity contribution in [3.63, 3.8) is 0 Å². The monoisotopic (exact) mass is 404 g/mol. The Morgan fingerprint density at radius 2 is 1.68 bits per heavy atom. The molecule has 0 saturated carbocycles. The zero-order chi connectivity index (χ0) is 20.6. The third kappa shape index (κ3) is 7.03. The first-order valence-corrected chi connectivity index (χ1v) is 10.9. The Hall–Kier alpha value is -2.87. The molecule has 0 saturated heterocycles. The van der Waals surface area contributed by atoms with E-state index in [1.807, 2.05) is 6.92 Å². The van der Waals surface area contributed by atoms with Crippen molar-refractivity contribution >= 4 is 27.3 Å². The topological polar surface area (TPSA) is 102 Å². The smallest absolute Gasteiger partial charge is 0.251 e. The number of hydrogen-bond acceptors (Lipinski definition) is 5. The molecule has 0 aliphatic carbocycles. The Bertz CT molecular complexity index is 896. The van der Waals surface area contributed by atoms with Crippen LogP contribution in [0.5, 0.6) is 5.75 Å². The predicted molar refractivity (Wildman–Crippen MR) is 108 cm³/mol. The molecule has 0 aromatic heterocycles. The van der Waals surface area contributed by atoms with E-state index >= 15 is 0 Å². The fraction of sp³-hybridized carbons (Fsp3) is 0.300. The van der Waals surface area contributed by atoms with Gasteiger partial charge in [0.1, 0.15) is 21.6 Å². The van der Waals surface area contributed by atoms with Gasteiger partial charge >= 0.3 is 0 Å². The fourth-order valence-corrected chi connectivity index (χ4v) is 3.13. The van der Waals surface area contributed by atoms with Gasteiger partial charge in [0.2, 0.25) is 5.91 Å². The average Bonchev–Trinajstić information content (AvgIpc) is 2.66. The van der Waals surface area contributed by atoms with Crippen LogP contribution >= 0.6 is 0 Å². The van der Waals surface area contributed by atoms with Crippen LogP contribution in [-0.2, 0) is 14.6 Å². The highest BCUT2D eigenvalue weighted by molar-refractivity contribution is 7.90. The molecule has 0 unspecified atom stereocenters. The molecule has 0 bridgehead atoms. The van der Waals surface area contributed by atoms with E-state index in [0.717, 1.165) is 6.26 Å². The van der Waals surface area contributed by atoms with Gasteiger partial charge in [-0.05, 0) is 49.7 Å². The third-order valence-electron chi connectivity index (χ3n) is 3.87. The molecule has 0 fully saturated rings. The van der Waals surface area contributed by atoms with E-state index in [9.17, 15) is 18.0 Å². The minimum Gasteiger partial charge on any atom is -0.494 e. The molecule has 2 aromatic carbocycles. The molecule has 2 rings (SSSR count). The number of carbonyl (C=O) groups excluding carboxylic acids is 2. The van der Waals surface area contributed by atoms with E-state index in [-0.39, 0.29) is 12.2 Å². The molecule has 0 radical (unpaired) electrons. The first-order valence-electron chi connectivity index (χ1n) is 8.86. The summed E-state index contributed by atoms with van der Waals surface area (Å²) in [5.74, 6) is -0.478. The normalized spacial score (nSPS) is 12.1. The maximum Gasteiger partial charge on any atom is 0.251 e. The van der Waals surface area contributed by atoms with Gasteiger partial charge in [0.15, 0.2) is 0 Å². The van der Waals surface area contributed by atoms with Crippen LogP contribution in [0.3, 0.4) is 0 Å². The number of hydrogen-bond donors (Lipinski definition) is 2. The summed E-state index contributed by atoms with van der Waals surface area (Å²) >= 11 is 0. The quantitative estimate of drug-likeness (QED) is 0.668. The molecule has 2 amide bonds. The molecule has 2 N–H and O–H groups in total. The van der Waals surface area contributed by atoms with Crippen molar-refractivity contribution in [2.24, 2.45) is 0 Å². The SMILES string of the molecule is CCOc1ccc(NC(=O)[C@H](CCS(C)(=O)=O)NC(=O)c2ccccc2)cc1. The zero-order valence-corrected chi connectivity index (χ0v) is 16.7. The van der Waals surface area contributed by atoms with Crippen LogP contribution in [0.2, 0.25) is 0 Å². The molecule has 28 heavy (non-hydrogen) atoms. The summed E-state index contributed by atoms with van der Waals surface area (Å²) in [6, 6.07) is 14.2. The van der Waals surface area contributed by atoms with Gasteiger partial charge in [0.05, 0.1) is 12.4 Å². The van der Waals surface area contributed by atoms with E-state index in [2.05, 4.69) is 10.6 Å². The lowest BCUT2D eigenvalue weighted by Crippen LogP contribution is -2.44. The summed E-state index contributed by atoms with van der Waals surface area (Å²) in [6.07, 6.45) is 1.06. The van der Waals surface area contributed by atoms with Gasteiger partial charge in [0.25, 0.3) is 5.91 Å². The van der Waals surface area contributed by atoms with Crippen LogP contribution < -0.4 is 15.4 Å². The van der Waals surface area contributed by atoms with Crippen LogP contribution in [-0.4, -0.2) is 44.9 Å². The standard InChI is InChI=1S/C20H24N2O5S/c1-3-27-17-11-9-16(10-12-17)21-20(24)18(13-14-28(2,25)26)22-19(23)15-7-5-4-6-8-15/h4-12,18H,3,13-14H2,1-2H3,(H,21,24)(H,22,23)/t18-/m0/s1. The summed E-state index contributed by atoms with van der Waals surface area (Å²) in [4.78, 5) is 25.1. The van der Waals surface area contributed by atoms with E-state index < -0.39 is 27.7 Å². The van der Waals surface area contributed by atoms with E-state index in [1.165, 1.54) is 0 Å². The molecule has 1 atom stereocenters. The van der Waals surface area contributed by atoms with Crippen molar-refractivity contribution in [1.29, 1.82) is 0 Å². The van der Waals surface area contributed by atoms with Gasteiger partial charge in [0, 0.05) is 17.5 Å². The Morgan fingerprint density at radius 1 is 1.04 bits per heavy atom. The first-order chi connectivity index (χ1) is 13.3. The van der Waals surface area contributed by atoms with Crippen LogP contribution in [0.1, 0.15) is 23.7 Å². The minimum absolute atomic E-state index is 0.0275. The number of anilines is 1. The van der Waals surface area contributed by atoms with Crippen molar-refractivity contribution in [3.05, 3.63) is 60.2 Å². The second kappa shape index (κ2) is 9.89. The fourth-order valence-electron chi connectivity index (χ4n) is 2.46. The number of ether oxygens (including phenoxy) is 1. The lowest BCUT2D eigenvalue weighted by Gasteiger charge is -2.18. The Morgan fingerprint density at radius 3 is 2.25 bits per heavy atom. The molecule has 2 aromatic rings. The summed E-state index contributed by atoms with van der Waals surface area (Å²) < 4.78 is 28.4. The van der Waals surface area contributed by atoms with Gasteiger partial charge in [-0.1, -0.05) is 18.2 Å². The lowest BCUT2D eigenvalue weighted by atomic mass is 10.1. The highest BCUT2D eigenvalue weighted by Crippen LogP contribution is 2.16. The van der Waals surface area contributed by atoms with E-state index in [0.29, 0.717) is 23.6 Å². The van der Waals surface area contributed by atoms with E-state index in [1.54, 1.807) is 54.6 Å². The second-order valence-corrected chi connectivity index (χ2v) is 8.52. The molecule has 0 spiro atoms. The Balaban J connectivity index is 2.10. The summed E-state index contributed by atoms with van der Waals surface area (Å²) in [5, 5.41) is 5.32. The molecule has 0 aliphatic heterocycles. The molecule has 8 heteroatoms. The molecule has 7 nitrogen and oxygen atoms in total. The van der Waals surface area contributed by atoms with Gasteiger partial charge in [-0.25, -0.2) is 8.42 Å². The number of nitrogens with one attached hydrogen (secondary N) is 2. The lowest BCUT2D eigenvalue weighted by molar-refractivity contribution is -0.118. The zero-order valence-electron chi connectivity index (χ0n) is 15.8. The summed E-state index contributed by atoms with van der Waals surface area (Å²) in [5.41, 5.74) is 0.910. The number of rotatable bonds is 9. The van der Waals surface area contributed by atoms with E-state index in [4.69, 9.17) is 4.74 Å². The maximum absolute atomic E-state index is 12.7. The molecular formula is C20H24N2O5S. The Labute approximate surface area is 165 Å². The molecule has 150 valence electrons. The van der Waals surface area contributed by atoms with Gasteiger partial charge in [-0.3, -0.25) is 9.59 Å². The van der Waals surface area contributed by atoms with Crippen molar-refractivity contribution in [2.75, 3.05) is 23.9 Å². The van der Waals surface area contributed by atoms with Crippen molar-refractivity contribution in [3.8, 4) is 5.75 Å². The predicted octanol–water partition coefficient (Wildman–Crippen LogP) is 2.26. The molecule has 0 heterocycles. The minimum atomic E-state index is -3.29. The average molecular weight is 404 g/mol. The number of amides is 2. The van der Waals surface area contributed by atoms with Crippen molar-refractivity contribution < 1.29 is 22.7 Å². The number of carbonyl (C=O) groups is 2. The second-order valence-electron chi connectivity index (χ2n) is 6.26. The van der Waals surface area contributed by atoms with Crippen molar-refractivity contribution in [1.82, 2.24) is 5.32 Å². The third-order valence-corrected chi connectivity index (χ3v) is 4.85. The summed E-state index contributed by atoms with van der Waals surface area (Å²) in [6.45, 7) is 2.41. The number of benzene rings is 2. The van der Waals surface area contributed by atoms with Gasteiger partial charge < -0.3 is 15.4 Å². The van der Waals surface area contributed by atoms with Gasteiger partial charge in [-0.2, -0.15) is 0 Å². The first kappa shape index (κ1) is 21.4. The highest BCUT2D eigenvalue weighted by atomic mass is 32.2. The molecule has 0 aliphatic rings. The maximum atomic E-state index is 12.7. The Kier molecular flexibility index (Phi) is 7.57. The van der Waals surface area contributed by atoms with Crippen LogP contribution in [0.15, 0.2) is 54.6 Å². The van der Waals surface area contributed by atoms with Crippen molar-refractivity contribution in [2.45, 2.75) is 19.4 Å². The summed E-state index contributed by atoms with van der Waals surface area (Å²) in [7, 11) is -3.29. The highest BCUT2D eigenvalue weighted by Gasteiger charge is 2.23.